The highest BCUT2D eigenvalue weighted by molar-refractivity contribution is 6.18. The summed E-state index contributed by atoms with van der Waals surface area (Å²) in [4.78, 5) is 22.7. The summed E-state index contributed by atoms with van der Waals surface area (Å²) in [6.45, 7) is 2.00. The van der Waals surface area contributed by atoms with E-state index in [0.717, 1.165) is 5.39 Å². The molecule has 2 aromatic rings. The lowest BCUT2D eigenvalue weighted by atomic mass is 10.1. The quantitative estimate of drug-likeness (QED) is 0.693. The van der Waals surface area contributed by atoms with Crippen LogP contribution in [-0.2, 0) is 10.6 Å². The van der Waals surface area contributed by atoms with Crippen LogP contribution in [0.4, 0.5) is 10.5 Å². The Hall–Kier alpha value is -2.01. The van der Waals surface area contributed by atoms with E-state index in [1.54, 1.807) is 25.1 Å². The van der Waals surface area contributed by atoms with E-state index in [1.165, 1.54) is 6.07 Å². The molecule has 6 heteroatoms. The normalized spacial score (nSPS) is 10.4. The molecule has 2 rings (SSSR count). The summed E-state index contributed by atoms with van der Waals surface area (Å²) >= 11 is 5.77. The minimum absolute atomic E-state index is 0.215. The maximum absolute atomic E-state index is 11.4. The molecule has 0 fully saturated rings. The second kappa shape index (κ2) is 5.75. The van der Waals surface area contributed by atoms with Crippen molar-refractivity contribution in [2.45, 2.75) is 12.8 Å². The molecule has 1 heterocycles. The SMILES string of the molecule is CCOC(=O)Nc1ccc2c(CCl)cc(=O)oc2c1. The van der Waals surface area contributed by atoms with Crippen LogP contribution in [0, 0.1) is 0 Å². The molecule has 0 atom stereocenters. The Morgan fingerprint density at radius 1 is 1.42 bits per heavy atom. The van der Waals surface area contributed by atoms with Gasteiger partial charge in [-0.15, -0.1) is 11.6 Å². The number of benzene rings is 1. The van der Waals surface area contributed by atoms with Gasteiger partial charge in [0.1, 0.15) is 5.58 Å². The van der Waals surface area contributed by atoms with Crippen LogP contribution in [0.15, 0.2) is 33.5 Å². The minimum atomic E-state index is -0.558. The van der Waals surface area contributed by atoms with E-state index >= 15 is 0 Å². The van der Waals surface area contributed by atoms with Crippen molar-refractivity contribution < 1.29 is 13.9 Å². The highest BCUT2D eigenvalue weighted by Crippen LogP contribution is 2.22. The van der Waals surface area contributed by atoms with Crippen LogP contribution < -0.4 is 10.9 Å². The maximum atomic E-state index is 11.4. The Morgan fingerprint density at radius 3 is 2.89 bits per heavy atom. The van der Waals surface area contributed by atoms with E-state index in [4.69, 9.17) is 20.8 Å². The summed E-state index contributed by atoms with van der Waals surface area (Å²) in [5.41, 5.74) is 1.07. The van der Waals surface area contributed by atoms with E-state index in [1.807, 2.05) is 0 Å². The summed E-state index contributed by atoms with van der Waals surface area (Å²) in [6, 6.07) is 6.34. The van der Waals surface area contributed by atoms with Gasteiger partial charge in [-0.25, -0.2) is 9.59 Å². The Labute approximate surface area is 114 Å². The zero-order valence-corrected chi connectivity index (χ0v) is 11.0. The van der Waals surface area contributed by atoms with E-state index in [0.29, 0.717) is 16.8 Å². The molecule has 0 aliphatic rings. The van der Waals surface area contributed by atoms with Gasteiger partial charge in [0.05, 0.1) is 6.61 Å². The first kappa shape index (κ1) is 13.4. The van der Waals surface area contributed by atoms with Gasteiger partial charge in [0, 0.05) is 29.1 Å². The van der Waals surface area contributed by atoms with Gasteiger partial charge in [0.2, 0.25) is 0 Å². The topological polar surface area (TPSA) is 68.5 Å². The second-order valence-electron chi connectivity index (χ2n) is 3.78. The molecule has 1 aromatic heterocycles. The molecule has 0 spiro atoms. The molecule has 100 valence electrons. The fourth-order valence-electron chi connectivity index (χ4n) is 1.70. The number of halogens is 1. The first-order valence-corrected chi connectivity index (χ1v) is 6.24. The van der Waals surface area contributed by atoms with Crippen molar-refractivity contribution in [2.24, 2.45) is 0 Å². The van der Waals surface area contributed by atoms with Crippen LogP contribution in [0.5, 0.6) is 0 Å². The molecule has 19 heavy (non-hydrogen) atoms. The minimum Gasteiger partial charge on any atom is -0.450 e. The Bertz CT molecular complexity index is 665. The van der Waals surface area contributed by atoms with Gasteiger partial charge in [0.25, 0.3) is 0 Å². The lowest BCUT2D eigenvalue weighted by molar-refractivity contribution is 0.168. The highest BCUT2D eigenvalue weighted by atomic mass is 35.5. The van der Waals surface area contributed by atoms with Crippen molar-refractivity contribution in [1.29, 1.82) is 0 Å². The van der Waals surface area contributed by atoms with E-state index < -0.39 is 11.7 Å². The van der Waals surface area contributed by atoms with Crippen LogP contribution >= 0.6 is 11.6 Å². The molecule has 1 aromatic carbocycles. The number of ether oxygens (including phenoxy) is 1. The number of anilines is 1. The second-order valence-corrected chi connectivity index (χ2v) is 4.05. The average molecular weight is 282 g/mol. The van der Waals surface area contributed by atoms with Crippen molar-refractivity contribution in [3.63, 3.8) is 0 Å². The van der Waals surface area contributed by atoms with Crippen LogP contribution in [-0.4, -0.2) is 12.7 Å². The molecule has 1 amide bonds. The van der Waals surface area contributed by atoms with Crippen molar-refractivity contribution in [2.75, 3.05) is 11.9 Å². The number of amides is 1. The van der Waals surface area contributed by atoms with Gasteiger partial charge >= 0.3 is 11.7 Å². The number of nitrogens with one attached hydrogen (secondary N) is 1. The van der Waals surface area contributed by atoms with Gasteiger partial charge in [0.15, 0.2) is 0 Å². The number of fused-ring (bicyclic) bond motifs is 1. The molecule has 0 aliphatic heterocycles. The average Bonchev–Trinajstić information content (AvgIpc) is 2.37. The zero-order chi connectivity index (χ0) is 13.8. The lowest BCUT2D eigenvalue weighted by Crippen LogP contribution is -2.13. The van der Waals surface area contributed by atoms with E-state index in [-0.39, 0.29) is 12.5 Å². The van der Waals surface area contributed by atoms with Crippen LogP contribution in [0.2, 0.25) is 0 Å². The molecule has 0 saturated heterocycles. The molecule has 0 bridgehead atoms. The third-order valence-corrected chi connectivity index (χ3v) is 2.78. The number of hydrogen-bond acceptors (Lipinski definition) is 4. The third kappa shape index (κ3) is 3.06. The monoisotopic (exact) mass is 281 g/mol. The lowest BCUT2D eigenvalue weighted by Gasteiger charge is -2.07. The van der Waals surface area contributed by atoms with Gasteiger partial charge < -0.3 is 9.15 Å². The number of rotatable bonds is 3. The van der Waals surface area contributed by atoms with Gasteiger partial charge in [-0.2, -0.15) is 0 Å². The number of carbonyl (C=O) groups is 1. The number of carbonyl (C=O) groups excluding carboxylic acids is 1. The predicted molar refractivity (Wildman–Crippen MR) is 72.7 cm³/mol. The predicted octanol–water partition coefficient (Wildman–Crippen LogP) is 3.10. The molecular weight excluding hydrogens is 270 g/mol. The molecular formula is C13H12ClNO4. The summed E-state index contributed by atoms with van der Waals surface area (Å²) in [5.74, 6) is 0.215. The fourth-order valence-corrected chi connectivity index (χ4v) is 1.92. The maximum Gasteiger partial charge on any atom is 0.411 e. The first-order chi connectivity index (χ1) is 9.13. The summed E-state index contributed by atoms with van der Waals surface area (Å²) in [7, 11) is 0. The third-order valence-electron chi connectivity index (χ3n) is 2.50. The van der Waals surface area contributed by atoms with E-state index in [2.05, 4.69) is 5.32 Å². The fraction of sp³-hybridized carbons (Fsp3) is 0.231. The summed E-state index contributed by atoms with van der Waals surface area (Å²) in [6.07, 6.45) is -0.558. The van der Waals surface area contributed by atoms with Crippen molar-refractivity contribution in [3.8, 4) is 0 Å². The molecule has 0 aliphatic carbocycles. The Morgan fingerprint density at radius 2 is 2.21 bits per heavy atom. The molecule has 0 radical (unpaired) electrons. The Balaban J connectivity index is 2.40. The van der Waals surface area contributed by atoms with Gasteiger partial charge in [-0.1, -0.05) is 0 Å². The van der Waals surface area contributed by atoms with Crippen LogP contribution in [0.1, 0.15) is 12.5 Å². The van der Waals surface area contributed by atoms with Crippen molar-refractivity contribution in [3.05, 3.63) is 40.2 Å². The zero-order valence-electron chi connectivity index (χ0n) is 10.2. The number of alkyl halides is 1. The molecule has 0 unspecified atom stereocenters. The summed E-state index contributed by atoms with van der Waals surface area (Å²) in [5, 5.41) is 3.28. The summed E-state index contributed by atoms with van der Waals surface area (Å²) < 4.78 is 9.84. The largest absolute Gasteiger partial charge is 0.450 e. The highest BCUT2D eigenvalue weighted by Gasteiger charge is 2.07. The molecule has 0 saturated carbocycles. The standard InChI is InChI=1S/C13H12ClNO4/c1-2-18-13(17)15-9-3-4-10-8(7-14)5-12(16)19-11(10)6-9/h3-6H,2,7H2,1H3,(H,15,17). The number of hydrogen-bond donors (Lipinski definition) is 1. The van der Waals surface area contributed by atoms with E-state index in [9.17, 15) is 9.59 Å². The molecule has 5 nitrogen and oxygen atoms in total. The van der Waals surface area contributed by atoms with Crippen molar-refractivity contribution in [1.82, 2.24) is 0 Å². The smallest absolute Gasteiger partial charge is 0.411 e. The van der Waals surface area contributed by atoms with Gasteiger partial charge in [-0.05, 0) is 24.6 Å². The first-order valence-electron chi connectivity index (χ1n) is 5.70. The molecule has 1 N–H and O–H groups in total. The van der Waals surface area contributed by atoms with Crippen LogP contribution in [0.3, 0.4) is 0 Å². The van der Waals surface area contributed by atoms with Gasteiger partial charge in [-0.3, -0.25) is 5.32 Å². The van der Waals surface area contributed by atoms with Crippen LogP contribution in [0.25, 0.3) is 11.0 Å². The Kier molecular flexibility index (Phi) is 4.06. The van der Waals surface area contributed by atoms with Crippen molar-refractivity contribution >= 4 is 34.4 Å².